The molecule has 0 aliphatic carbocycles. The minimum Gasteiger partial charge on any atom is -0.371 e. The first kappa shape index (κ1) is 15.1. The van der Waals surface area contributed by atoms with E-state index in [2.05, 4.69) is 10.2 Å². The van der Waals surface area contributed by atoms with Crippen molar-refractivity contribution in [2.75, 3.05) is 12.5 Å². The fraction of sp³-hybridized carbons (Fsp3) is 0.400. The van der Waals surface area contributed by atoms with Crippen LogP contribution in [0.1, 0.15) is 20.3 Å². The number of fused-ring (bicyclic) bond motifs is 3. The Labute approximate surface area is 132 Å². The second-order valence-corrected chi connectivity index (χ2v) is 5.74. The molecule has 6 nitrogen and oxygen atoms in total. The third kappa shape index (κ3) is 2.50. The van der Waals surface area contributed by atoms with E-state index >= 15 is 0 Å². The van der Waals surface area contributed by atoms with Gasteiger partial charge < -0.3 is 4.74 Å². The third-order valence-corrected chi connectivity index (χ3v) is 4.21. The molecule has 0 unspecified atom stereocenters. The first-order valence-electron chi connectivity index (χ1n) is 7.35. The molecule has 0 saturated heterocycles. The quantitative estimate of drug-likeness (QED) is 0.397. The Morgan fingerprint density at radius 3 is 2.82 bits per heavy atom. The minimum atomic E-state index is -0.0151. The van der Waals surface area contributed by atoms with Gasteiger partial charge in [0.2, 0.25) is 5.78 Å². The Bertz CT molecular complexity index is 856. The summed E-state index contributed by atoms with van der Waals surface area (Å²) in [5.74, 6) is 1.10. The average molecular weight is 318 g/mol. The summed E-state index contributed by atoms with van der Waals surface area (Å²) in [4.78, 5) is 12.7. The van der Waals surface area contributed by atoms with Gasteiger partial charge in [0.1, 0.15) is 0 Å². The topological polar surface area (TPSA) is 61.4 Å². The van der Waals surface area contributed by atoms with Crippen LogP contribution in [0.4, 0.5) is 0 Å². The number of thioether (sulfide) groups is 1. The molecule has 0 fully saturated rings. The fourth-order valence-corrected chi connectivity index (χ4v) is 3.19. The van der Waals surface area contributed by atoms with Crippen LogP contribution < -0.4 is 5.56 Å². The number of aryl methyl sites for hydroxylation is 1. The number of aromatic nitrogens is 4. The maximum Gasteiger partial charge on any atom is 0.262 e. The van der Waals surface area contributed by atoms with Crippen LogP contribution in [0.5, 0.6) is 0 Å². The van der Waals surface area contributed by atoms with E-state index in [1.807, 2.05) is 42.5 Å². The standard InChI is InChI=1S/C15H18N4O2S/c1-3-9-18-13(20)11-7-5-6-8-12(11)19-14(18)16-17-15(19)22-10-21-4-2/h5-8H,3-4,9-10H2,1-2H3. The van der Waals surface area contributed by atoms with Crippen molar-refractivity contribution in [2.24, 2.45) is 0 Å². The van der Waals surface area contributed by atoms with E-state index in [4.69, 9.17) is 4.74 Å². The number of hydrogen-bond donors (Lipinski definition) is 0. The lowest BCUT2D eigenvalue weighted by Crippen LogP contribution is -2.23. The minimum absolute atomic E-state index is 0.0151. The molecule has 0 radical (unpaired) electrons. The lowest BCUT2D eigenvalue weighted by atomic mass is 10.2. The molecule has 0 bridgehead atoms. The Balaban J connectivity index is 2.26. The summed E-state index contributed by atoms with van der Waals surface area (Å²) in [5, 5.41) is 9.89. The lowest BCUT2D eigenvalue weighted by Gasteiger charge is -2.10. The molecule has 3 aromatic rings. The fourth-order valence-electron chi connectivity index (χ4n) is 2.43. The predicted molar refractivity (Wildman–Crippen MR) is 87.4 cm³/mol. The molecule has 0 amide bonds. The van der Waals surface area contributed by atoms with Crippen molar-refractivity contribution in [3.05, 3.63) is 34.6 Å². The summed E-state index contributed by atoms with van der Waals surface area (Å²) in [6, 6.07) is 7.57. The number of nitrogens with zero attached hydrogens (tertiary/aromatic N) is 4. The van der Waals surface area contributed by atoms with Gasteiger partial charge in [-0.15, -0.1) is 10.2 Å². The summed E-state index contributed by atoms with van der Waals surface area (Å²) in [5.41, 5.74) is 0.817. The zero-order chi connectivity index (χ0) is 15.5. The van der Waals surface area contributed by atoms with Crippen LogP contribution in [0.15, 0.2) is 34.2 Å². The number of para-hydroxylation sites is 1. The predicted octanol–water partition coefficient (Wildman–Crippen LogP) is 2.54. The van der Waals surface area contributed by atoms with Gasteiger partial charge in [-0.1, -0.05) is 30.8 Å². The molecule has 3 rings (SSSR count). The molecule has 2 heterocycles. The molecule has 0 atom stereocenters. The highest BCUT2D eigenvalue weighted by molar-refractivity contribution is 7.99. The van der Waals surface area contributed by atoms with Gasteiger partial charge in [-0.05, 0) is 25.5 Å². The maximum absolute atomic E-state index is 12.7. The van der Waals surface area contributed by atoms with Gasteiger partial charge in [-0.2, -0.15) is 0 Å². The average Bonchev–Trinajstić information content (AvgIpc) is 2.96. The molecular weight excluding hydrogens is 300 g/mol. The molecule has 1 aromatic carbocycles. The Hall–Kier alpha value is -1.86. The van der Waals surface area contributed by atoms with Crippen LogP contribution in [0.3, 0.4) is 0 Å². The Morgan fingerprint density at radius 2 is 2.05 bits per heavy atom. The molecule has 0 spiro atoms. The molecule has 116 valence electrons. The van der Waals surface area contributed by atoms with Crippen molar-refractivity contribution in [1.82, 2.24) is 19.2 Å². The lowest BCUT2D eigenvalue weighted by molar-refractivity contribution is 0.199. The monoisotopic (exact) mass is 318 g/mol. The van der Waals surface area contributed by atoms with Gasteiger partial charge in [0.15, 0.2) is 5.16 Å². The smallest absolute Gasteiger partial charge is 0.262 e. The SMILES string of the molecule is CCCn1c(=O)c2ccccc2n2c(SCOCC)nnc12. The third-order valence-electron chi connectivity index (χ3n) is 3.40. The zero-order valence-corrected chi connectivity index (χ0v) is 13.5. The Kier molecular flexibility index (Phi) is 4.44. The van der Waals surface area contributed by atoms with Crippen molar-refractivity contribution >= 4 is 28.4 Å². The van der Waals surface area contributed by atoms with Crippen LogP contribution in [0.25, 0.3) is 16.7 Å². The van der Waals surface area contributed by atoms with E-state index < -0.39 is 0 Å². The van der Waals surface area contributed by atoms with E-state index in [0.29, 0.717) is 30.3 Å². The molecule has 2 aromatic heterocycles. The molecule has 7 heteroatoms. The number of rotatable bonds is 6. The van der Waals surface area contributed by atoms with Gasteiger partial charge in [0, 0.05) is 13.2 Å². The van der Waals surface area contributed by atoms with Crippen molar-refractivity contribution in [1.29, 1.82) is 0 Å². The summed E-state index contributed by atoms with van der Waals surface area (Å²) in [6.07, 6.45) is 0.863. The van der Waals surface area contributed by atoms with Crippen LogP contribution in [-0.2, 0) is 11.3 Å². The largest absolute Gasteiger partial charge is 0.371 e. The van der Waals surface area contributed by atoms with Crippen LogP contribution in [-0.4, -0.2) is 31.7 Å². The molecule has 0 N–H and O–H groups in total. The van der Waals surface area contributed by atoms with Gasteiger partial charge in [0.05, 0.1) is 16.8 Å². The van der Waals surface area contributed by atoms with E-state index in [1.54, 1.807) is 4.57 Å². The summed E-state index contributed by atoms with van der Waals surface area (Å²) in [6.45, 7) is 5.28. The first-order valence-corrected chi connectivity index (χ1v) is 8.33. The van der Waals surface area contributed by atoms with E-state index in [1.165, 1.54) is 11.8 Å². The normalized spacial score (nSPS) is 11.5. The van der Waals surface area contributed by atoms with Crippen LogP contribution >= 0.6 is 11.8 Å². The van der Waals surface area contributed by atoms with Crippen molar-refractivity contribution < 1.29 is 4.74 Å². The second-order valence-electron chi connectivity index (χ2n) is 4.85. The Morgan fingerprint density at radius 1 is 1.23 bits per heavy atom. The molecule has 0 aliphatic rings. The second kappa shape index (κ2) is 6.50. The number of hydrogen-bond acceptors (Lipinski definition) is 5. The van der Waals surface area contributed by atoms with Crippen molar-refractivity contribution in [3.8, 4) is 0 Å². The number of benzene rings is 1. The van der Waals surface area contributed by atoms with Gasteiger partial charge in [-0.25, -0.2) is 0 Å². The zero-order valence-electron chi connectivity index (χ0n) is 12.7. The molecule has 22 heavy (non-hydrogen) atoms. The van der Waals surface area contributed by atoms with E-state index in [0.717, 1.165) is 17.1 Å². The first-order chi connectivity index (χ1) is 10.8. The summed E-state index contributed by atoms with van der Waals surface area (Å²) < 4.78 is 9.02. The highest BCUT2D eigenvalue weighted by Gasteiger charge is 2.16. The van der Waals surface area contributed by atoms with Crippen molar-refractivity contribution in [3.63, 3.8) is 0 Å². The maximum atomic E-state index is 12.7. The van der Waals surface area contributed by atoms with E-state index in [-0.39, 0.29) is 5.56 Å². The highest BCUT2D eigenvalue weighted by atomic mass is 32.2. The van der Waals surface area contributed by atoms with Crippen molar-refractivity contribution in [2.45, 2.75) is 32.0 Å². The molecular formula is C15H18N4O2S. The molecule has 0 aliphatic heterocycles. The summed E-state index contributed by atoms with van der Waals surface area (Å²) >= 11 is 1.48. The van der Waals surface area contributed by atoms with Crippen LogP contribution in [0, 0.1) is 0 Å². The molecule has 0 saturated carbocycles. The van der Waals surface area contributed by atoms with E-state index in [9.17, 15) is 4.79 Å². The highest BCUT2D eigenvalue weighted by Crippen LogP contribution is 2.21. The van der Waals surface area contributed by atoms with Crippen LogP contribution in [0.2, 0.25) is 0 Å². The van der Waals surface area contributed by atoms with Gasteiger partial charge in [0.25, 0.3) is 5.56 Å². The summed E-state index contributed by atoms with van der Waals surface area (Å²) in [7, 11) is 0. The van der Waals surface area contributed by atoms with Gasteiger partial charge >= 0.3 is 0 Å². The number of ether oxygens (including phenoxy) is 1. The van der Waals surface area contributed by atoms with Gasteiger partial charge in [-0.3, -0.25) is 13.8 Å².